The van der Waals surface area contributed by atoms with Gasteiger partial charge in [-0.1, -0.05) is 6.92 Å². The van der Waals surface area contributed by atoms with Crippen molar-refractivity contribution in [1.29, 1.82) is 5.26 Å². The molecule has 1 aliphatic carbocycles. The number of nitriles is 1. The second-order valence-electron chi connectivity index (χ2n) is 5.13. The monoisotopic (exact) mass is 260 g/mol. The molecule has 0 aromatic carbocycles. The smallest absolute Gasteiger partial charge is 0.158 e. The van der Waals surface area contributed by atoms with Crippen LogP contribution in [-0.2, 0) is 4.74 Å². The van der Waals surface area contributed by atoms with Crippen LogP contribution in [0.25, 0.3) is 0 Å². The van der Waals surface area contributed by atoms with Gasteiger partial charge in [-0.2, -0.15) is 5.26 Å². The first-order valence-electron chi connectivity index (χ1n) is 6.72. The summed E-state index contributed by atoms with van der Waals surface area (Å²) >= 11 is 0. The van der Waals surface area contributed by atoms with E-state index in [4.69, 9.17) is 10.00 Å². The number of methoxy groups -OCH3 is 1. The average molecular weight is 260 g/mol. The van der Waals surface area contributed by atoms with Gasteiger partial charge in [-0.05, 0) is 25.2 Å². The van der Waals surface area contributed by atoms with Gasteiger partial charge in [0.25, 0.3) is 0 Å². The largest absolute Gasteiger partial charge is 0.383 e. The second-order valence-corrected chi connectivity index (χ2v) is 5.13. The Hall–Kier alpha value is -1.67. The molecule has 2 rings (SSSR count). The van der Waals surface area contributed by atoms with E-state index in [-0.39, 0.29) is 0 Å². The summed E-state index contributed by atoms with van der Waals surface area (Å²) in [6.45, 7) is 3.78. The lowest BCUT2D eigenvalue weighted by molar-refractivity contribution is 0.202. The highest BCUT2D eigenvalue weighted by Crippen LogP contribution is 2.30. The summed E-state index contributed by atoms with van der Waals surface area (Å²) < 4.78 is 5.18. The maximum atomic E-state index is 8.77. The fraction of sp³-hybridized carbons (Fsp3) is 0.643. The maximum absolute atomic E-state index is 8.77. The molecular weight excluding hydrogens is 240 g/mol. The Kier molecular flexibility index (Phi) is 4.69. The van der Waals surface area contributed by atoms with Crippen molar-refractivity contribution < 1.29 is 4.74 Å². The Balaban J connectivity index is 2.13. The van der Waals surface area contributed by atoms with E-state index in [0.717, 1.165) is 18.3 Å². The van der Waals surface area contributed by atoms with E-state index in [2.05, 4.69) is 21.8 Å². The lowest BCUT2D eigenvalue weighted by Gasteiger charge is -2.29. The van der Waals surface area contributed by atoms with Crippen LogP contribution in [0.15, 0.2) is 12.4 Å². The molecule has 0 aliphatic heterocycles. The molecule has 2 unspecified atom stereocenters. The summed E-state index contributed by atoms with van der Waals surface area (Å²) in [6, 6.07) is 2.50. The molecule has 1 aliphatic rings. The lowest BCUT2D eigenvalue weighted by atomic mass is 10.1. The van der Waals surface area contributed by atoms with Crippen LogP contribution in [-0.4, -0.2) is 36.3 Å². The van der Waals surface area contributed by atoms with Gasteiger partial charge in [-0.15, -0.1) is 0 Å². The quantitative estimate of drug-likeness (QED) is 0.810. The van der Waals surface area contributed by atoms with Gasteiger partial charge in [0.2, 0.25) is 0 Å². The van der Waals surface area contributed by atoms with Gasteiger partial charge in [0.1, 0.15) is 11.9 Å². The molecule has 1 fully saturated rings. The minimum Gasteiger partial charge on any atom is -0.383 e. The predicted octanol–water partition coefficient (Wildman–Crippen LogP) is 1.99. The zero-order valence-electron chi connectivity index (χ0n) is 11.5. The number of anilines is 1. The number of hydrogen-bond acceptors (Lipinski definition) is 5. The van der Waals surface area contributed by atoms with Gasteiger partial charge in [0.05, 0.1) is 19.0 Å². The second kappa shape index (κ2) is 6.48. The van der Waals surface area contributed by atoms with Gasteiger partial charge in [-0.3, -0.25) is 0 Å². The molecular formula is C14H20N4O. The van der Waals surface area contributed by atoms with Crippen LogP contribution in [0.5, 0.6) is 0 Å². The number of rotatable bonds is 5. The molecule has 19 heavy (non-hydrogen) atoms. The topological polar surface area (TPSA) is 62.0 Å². The van der Waals surface area contributed by atoms with E-state index >= 15 is 0 Å². The number of hydrogen-bond donors (Lipinski definition) is 0. The summed E-state index contributed by atoms with van der Waals surface area (Å²) in [5.74, 6) is 1.61. The van der Waals surface area contributed by atoms with Gasteiger partial charge < -0.3 is 9.64 Å². The van der Waals surface area contributed by atoms with E-state index in [9.17, 15) is 0 Å². The molecule has 1 saturated carbocycles. The maximum Gasteiger partial charge on any atom is 0.158 e. The molecule has 102 valence electrons. The standard InChI is InChI=1S/C14H20N4O/c1-11-3-4-13(7-11)18(5-6-19-2)14-10-16-12(8-15)9-17-14/h9-11,13H,3-7H2,1-2H3. The molecule has 1 heterocycles. The minimum atomic E-state index is 0.357. The highest BCUT2D eigenvalue weighted by atomic mass is 16.5. The molecule has 0 saturated heterocycles. The molecule has 5 nitrogen and oxygen atoms in total. The fourth-order valence-corrected chi connectivity index (χ4v) is 2.66. The molecule has 0 radical (unpaired) electrons. The Labute approximate surface area is 114 Å². The van der Waals surface area contributed by atoms with Crippen LogP contribution < -0.4 is 4.90 Å². The SMILES string of the molecule is COCCN(c1cnc(C#N)cn1)C1CCC(C)C1. The highest BCUT2D eigenvalue weighted by Gasteiger charge is 2.27. The van der Waals surface area contributed by atoms with E-state index in [0.29, 0.717) is 18.3 Å². The summed E-state index contributed by atoms with van der Waals surface area (Å²) in [6.07, 6.45) is 6.86. The summed E-state index contributed by atoms with van der Waals surface area (Å²) in [5.41, 5.74) is 0.357. The predicted molar refractivity (Wildman–Crippen MR) is 72.8 cm³/mol. The third-order valence-electron chi connectivity index (χ3n) is 3.69. The van der Waals surface area contributed by atoms with Crippen LogP contribution in [0.3, 0.4) is 0 Å². The molecule has 0 amide bonds. The van der Waals surface area contributed by atoms with E-state index in [1.54, 1.807) is 13.3 Å². The van der Waals surface area contributed by atoms with Gasteiger partial charge in [-0.25, -0.2) is 9.97 Å². The van der Waals surface area contributed by atoms with Crippen molar-refractivity contribution >= 4 is 5.82 Å². The zero-order chi connectivity index (χ0) is 13.7. The number of aromatic nitrogens is 2. The third kappa shape index (κ3) is 3.42. The average Bonchev–Trinajstić information content (AvgIpc) is 2.86. The molecule has 1 aromatic heterocycles. The van der Waals surface area contributed by atoms with Crippen molar-refractivity contribution in [3.63, 3.8) is 0 Å². The van der Waals surface area contributed by atoms with Gasteiger partial charge in [0.15, 0.2) is 5.69 Å². The van der Waals surface area contributed by atoms with Crippen LogP contribution in [0, 0.1) is 17.2 Å². The fourth-order valence-electron chi connectivity index (χ4n) is 2.66. The molecule has 0 N–H and O–H groups in total. The van der Waals surface area contributed by atoms with Crippen molar-refractivity contribution in [2.24, 2.45) is 5.92 Å². The van der Waals surface area contributed by atoms with Crippen molar-refractivity contribution in [1.82, 2.24) is 9.97 Å². The summed E-state index contributed by atoms with van der Waals surface area (Å²) in [5, 5.41) is 8.77. The Bertz CT molecular complexity index is 440. The number of ether oxygens (including phenoxy) is 1. The Morgan fingerprint density at radius 2 is 2.26 bits per heavy atom. The Morgan fingerprint density at radius 1 is 1.42 bits per heavy atom. The molecule has 0 spiro atoms. The van der Waals surface area contributed by atoms with Crippen molar-refractivity contribution in [2.45, 2.75) is 32.2 Å². The van der Waals surface area contributed by atoms with Gasteiger partial charge >= 0.3 is 0 Å². The summed E-state index contributed by atoms with van der Waals surface area (Å²) in [4.78, 5) is 10.7. The normalized spacial score (nSPS) is 22.2. The minimum absolute atomic E-state index is 0.357. The van der Waals surface area contributed by atoms with Crippen molar-refractivity contribution in [3.8, 4) is 6.07 Å². The highest BCUT2D eigenvalue weighted by molar-refractivity contribution is 5.39. The first kappa shape index (κ1) is 13.8. The van der Waals surface area contributed by atoms with E-state index < -0.39 is 0 Å². The Morgan fingerprint density at radius 3 is 2.79 bits per heavy atom. The van der Waals surface area contributed by atoms with Crippen LogP contribution >= 0.6 is 0 Å². The zero-order valence-corrected chi connectivity index (χ0v) is 11.5. The van der Waals surface area contributed by atoms with Crippen LogP contribution in [0.2, 0.25) is 0 Å². The third-order valence-corrected chi connectivity index (χ3v) is 3.69. The van der Waals surface area contributed by atoms with Crippen molar-refractivity contribution in [3.05, 3.63) is 18.1 Å². The van der Waals surface area contributed by atoms with Crippen LogP contribution in [0.1, 0.15) is 31.9 Å². The first-order valence-corrected chi connectivity index (χ1v) is 6.72. The first-order chi connectivity index (χ1) is 9.24. The van der Waals surface area contributed by atoms with Crippen LogP contribution in [0.4, 0.5) is 5.82 Å². The van der Waals surface area contributed by atoms with Crippen molar-refractivity contribution in [2.75, 3.05) is 25.2 Å². The molecule has 1 aromatic rings. The summed E-state index contributed by atoms with van der Waals surface area (Å²) in [7, 11) is 1.71. The van der Waals surface area contributed by atoms with E-state index in [1.807, 2.05) is 6.07 Å². The molecule has 2 atom stereocenters. The number of nitrogens with zero attached hydrogens (tertiary/aromatic N) is 4. The van der Waals surface area contributed by atoms with E-state index in [1.165, 1.54) is 25.5 Å². The lowest BCUT2D eigenvalue weighted by Crippen LogP contribution is -2.37. The molecule has 0 bridgehead atoms. The van der Waals surface area contributed by atoms with Gasteiger partial charge in [0, 0.05) is 19.7 Å². The molecule has 5 heteroatoms.